The van der Waals surface area contributed by atoms with Crippen LogP contribution >= 0.6 is 0 Å². The molecule has 1 aliphatic heterocycles. The number of amides is 1. The summed E-state index contributed by atoms with van der Waals surface area (Å²) in [4.78, 5) is 10.7. The van der Waals surface area contributed by atoms with Crippen LogP contribution in [-0.2, 0) is 4.74 Å². The summed E-state index contributed by atoms with van der Waals surface area (Å²) in [5.74, 6) is 0.0325. The van der Waals surface area contributed by atoms with Crippen molar-refractivity contribution in [1.29, 1.82) is 0 Å². The van der Waals surface area contributed by atoms with E-state index in [9.17, 15) is 15.0 Å². The molecule has 0 aliphatic carbocycles. The van der Waals surface area contributed by atoms with E-state index in [1.54, 1.807) is 0 Å². The van der Waals surface area contributed by atoms with Gasteiger partial charge in [-0.1, -0.05) is 0 Å². The lowest BCUT2D eigenvalue weighted by Crippen LogP contribution is -2.12. The van der Waals surface area contributed by atoms with Crippen molar-refractivity contribution < 1.29 is 19.7 Å². The summed E-state index contributed by atoms with van der Waals surface area (Å²) in [6, 6.07) is 4.10. The fourth-order valence-electron chi connectivity index (χ4n) is 1.36. The van der Waals surface area contributed by atoms with Crippen LogP contribution in [0.4, 0.5) is 4.79 Å². The summed E-state index contributed by atoms with van der Waals surface area (Å²) < 4.78 is 4.86. The van der Waals surface area contributed by atoms with Crippen LogP contribution in [0.1, 0.15) is 11.7 Å². The highest BCUT2D eigenvalue weighted by Crippen LogP contribution is 2.31. The van der Waals surface area contributed by atoms with Crippen molar-refractivity contribution in [3.05, 3.63) is 23.8 Å². The van der Waals surface area contributed by atoms with Gasteiger partial charge in [-0.25, -0.2) is 4.79 Å². The molecule has 1 aliphatic rings. The number of nitrogens with one attached hydrogen (secondary N) is 1. The van der Waals surface area contributed by atoms with Gasteiger partial charge in [0, 0.05) is 5.56 Å². The van der Waals surface area contributed by atoms with Crippen LogP contribution in [0, 0.1) is 0 Å². The molecule has 3 N–H and O–H groups in total. The van der Waals surface area contributed by atoms with Crippen molar-refractivity contribution in [2.75, 3.05) is 6.54 Å². The first kappa shape index (κ1) is 8.68. The minimum Gasteiger partial charge on any atom is -0.508 e. The molecule has 74 valence electrons. The van der Waals surface area contributed by atoms with E-state index >= 15 is 0 Å². The molecular weight excluding hydrogens is 186 g/mol. The highest BCUT2D eigenvalue weighted by Gasteiger charge is 2.26. The Kier molecular flexibility index (Phi) is 1.92. The fourth-order valence-corrected chi connectivity index (χ4v) is 1.36. The zero-order chi connectivity index (χ0) is 10.1. The molecule has 1 heterocycles. The Labute approximate surface area is 79.9 Å². The van der Waals surface area contributed by atoms with Crippen molar-refractivity contribution in [2.45, 2.75) is 6.10 Å². The van der Waals surface area contributed by atoms with Crippen LogP contribution in [0.3, 0.4) is 0 Å². The number of cyclic esters (lactones) is 1. The van der Waals surface area contributed by atoms with E-state index in [1.807, 2.05) is 0 Å². The van der Waals surface area contributed by atoms with Crippen LogP contribution in [0.25, 0.3) is 0 Å². The predicted molar refractivity (Wildman–Crippen MR) is 47.0 cm³/mol. The Bertz CT molecular complexity index is 377. The maximum absolute atomic E-state index is 10.7. The first-order valence-corrected chi connectivity index (χ1v) is 4.13. The lowest BCUT2D eigenvalue weighted by Gasteiger charge is -2.09. The van der Waals surface area contributed by atoms with Crippen LogP contribution in [0.15, 0.2) is 18.2 Å². The number of rotatable bonds is 1. The third-order valence-corrected chi connectivity index (χ3v) is 2.04. The number of phenols is 2. The van der Waals surface area contributed by atoms with Gasteiger partial charge in [-0.2, -0.15) is 0 Å². The number of carbonyl (C=O) groups is 1. The Morgan fingerprint density at radius 2 is 2.21 bits per heavy atom. The molecule has 14 heavy (non-hydrogen) atoms. The summed E-state index contributed by atoms with van der Waals surface area (Å²) in [5, 5.41) is 21.1. The molecule has 5 heteroatoms. The normalized spacial score (nSPS) is 20.3. The molecule has 1 saturated heterocycles. The van der Waals surface area contributed by atoms with Gasteiger partial charge in [-0.3, -0.25) is 0 Å². The second kappa shape index (κ2) is 3.10. The number of hydrogen-bond acceptors (Lipinski definition) is 4. The van der Waals surface area contributed by atoms with Gasteiger partial charge in [0.15, 0.2) is 0 Å². The van der Waals surface area contributed by atoms with Gasteiger partial charge >= 0.3 is 6.09 Å². The Morgan fingerprint density at radius 3 is 2.86 bits per heavy atom. The summed E-state index contributed by atoms with van der Waals surface area (Å²) in [6.45, 7) is 0.301. The minimum absolute atomic E-state index is 0.00398. The number of aromatic hydroxyl groups is 2. The summed E-state index contributed by atoms with van der Waals surface area (Å²) in [5.41, 5.74) is 0.406. The highest BCUT2D eigenvalue weighted by atomic mass is 16.6. The monoisotopic (exact) mass is 195 g/mol. The lowest BCUT2D eigenvalue weighted by atomic mass is 10.1. The first-order valence-electron chi connectivity index (χ1n) is 4.13. The molecule has 1 aromatic rings. The smallest absolute Gasteiger partial charge is 0.407 e. The molecule has 0 radical (unpaired) electrons. The first-order chi connectivity index (χ1) is 6.66. The Balaban J connectivity index is 2.31. The number of ether oxygens (including phenoxy) is 1. The minimum atomic E-state index is -0.533. The summed E-state index contributed by atoms with van der Waals surface area (Å²) in [7, 11) is 0. The number of benzene rings is 1. The quantitative estimate of drug-likeness (QED) is 0.581. The van der Waals surface area contributed by atoms with Gasteiger partial charge in [0.25, 0.3) is 0 Å². The molecule has 0 bridgehead atoms. The van der Waals surface area contributed by atoms with Crippen molar-refractivity contribution in [1.82, 2.24) is 5.32 Å². The third kappa shape index (κ3) is 1.44. The topological polar surface area (TPSA) is 78.8 Å². The predicted octanol–water partition coefficient (Wildman–Crippen LogP) is 0.879. The van der Waals surface area contributed by atoms with Crippen molar-refractivity contribution in [2.24, 2.45) is 0 Å². The average molecular weight is 195 g/mol. The van der Waals surface area contributed by atoms with Crippen LogP contribution in [-0.4, -0.2) is 22.9 Å². The highest BCUT2D eigenvalue weighted by molar-refractivity contribution is 5.70. The molecule has 2 rings (SSSR count). The summed E-state index contributed by atoms with van der Waals surface area (Å²) in [6.07, 6.45) is -1.05. The van der Waals surface area contributed by atoms with E-state index in [1.165, 1.54) is 18.2 Å². The number of alkyl carbamates (subject to hydrolysis) is 1. The second-order valence-corrected chi connectivity index (χ2v) is 3.02. The van der Waals surface area contributed by atoms with Crippen LogP contribution < -0.4 is 5.32 Å². The average Bonchev–Trinajstić information content (AvgIpc) is 2.56. The van der Waals surface area contributed by atoms with Crippen LogP contribution in [0.2, 0.25) is 0 Å². The Hall–Kier alpha value is -1.91. The van der Waals surface area contributed by atoms with Gasteiger partial charge in [0.05, 0.1) is 6.54 Å². The molecule has 0 aromatic heterocycles. The van der Waals surface area contributed by atoms with Gasteiger partial charge in [-0.05, 0) is 18.2 Å². The van der Waals surface area contributed by atoms with E-state index in [0.717, 1.165) is 0 Å². The number of hydrogen-bond donors (Lipinski definition) is 3. The lowest BCUT2D eigenvalue weighted by molar-refractivity contribution is 0.139. The Morgan fingerprint density at radius 1 is 1.43 bits per heavy atom. The number of carbonyl (C=O) groups excluding carboxylic acids is 1. The zero-order valence-electron chi connectivity index (χ0n) is 7.23. The van der Waals surface area contributed by atoms with Gasteiger partial charge in [0.1, 0.15) is 17.6 Å². The van der Waals surface area contributed by atoms with E-state index in [0.29, 0.717) is 12.1 Å². The van der Waals surface area contributed by atoms with Crippen molar-refractivity contribution in [3.8, 4) is 11.5 Å². The van der Waals surface area contributed by atoms with Gasteiger partial charge in [0.2, 0.25) is 0 Å². The summed E-state index contributed by atoms with van der Waals surface area (Å²) >= 11 is 0. The zero-order valence-corrected chi connectivity index (χ0v) is 7.23. The molecule has 1 aromatic carbocycles. The molecule has 1 amide bonds. The molecular formula is C9H9NO4. The van der Waals surface area contributed by atoms with E-state index in [-0.39, 0.29) is 11.5 Å². The molecule has 0 spiro atoms. The van der Waals surface area contributed by atoms with E-state index < -0.39 is 12.2 Å². The standard InChI is InChI=1S/C9H9NO4/c11-5-1-2-7(12)6(3-5)8-4-10-9(13)14-8/h1-3,8,11-12H,4H2,(H,10,13). The number of phenolic OH excluding ortho intramolecular Hbond substituents is 2. The second-order valence-electron chi connectivity index (χ2n) is 3.02. The van der Waals surface area contributed by atoms with E-state index in [2.05, 4.69) is 5.32 Å². The van der Waals surface area contributed by atoms with Crippen molar-refractivity contribution >= 4 is 6.09 Å². The largest absolute Gasteiger partial charge is 0.508 e. The van der Waals surface area contributed by atoms with Crippen molar-refractivity contribution in [3.63, 3.8) is 0 Å². The fraction of sp³-hybridized carbons (Fsp3) is 0.222. The van der Waals surface area contributed by atoms with E-state index in [4.69, 9.17) is 4.74 Å². The van der Waals surface area contributed by atoms with Crippen LogP contribution in [0.5, 0.6) is 11.5 Å². The maximum Gasteiger partial charge on any atom is 0.407 e. The molecule has 0 saturated carbocycles. The van der Waals surface area contributed by atoms with Gasteiger partial charge in [-0.15, -0.1) is 0 Å². The third-order valence-electron chi connectivity index (χ3n) is 2.04. The SMILES string of the molecule is O=C1NCC(c2cc(O)ccc2O)O1. The van der Waals surface area contributed by atoms with Gasteiger partial charge < -0.3 is 20.3 Å². The molecule has 5 nitrogen and oxygen atoms in total. The molecule has 1 unspecified atom stereocenters. The molecule has 1 atom stereocenters. The molecule has 1 fully saturated rings. The maximum atomic E-state index is 10.7.